The summed E-state index contributed by atoms with van der Waals surface area (Å²) in [4.78, 5) is 35.8. The Kier molecular flexibility index (Phi) is 9.80. The van der Waals surface area contributed by atoms with Gasteiger partial charge < -0.3 is 20.2 Å². The van der Waals surface area contributed by atoms with Gasteiger partial charge >= 0.3 is 11.9 Å². The van der Waals surface area contributed by atoms with Crippen LogP contribution in [0.3, 0.4) is 0 Å². The number of carbonyl (C=O) groups excluding carboxylic acids is 1. The highest BCUT2D eigenvalue weighted by atomic mass is 16.4. The van der Waals surface area contributed by atoms with E-state index in [0.29, 0.717) is 32.2 Å². The average Bonchev–Trinajstić information content (AvgIpc) is 2.70. The summed E-state index contributed by atoms with van der Waals surface area (Å²) in [6, 6.07) is 6.69. The molecule has 1 aliphatic rings. The number of unbranched alkanes of at least 4 members (excludes halogenated alkanes) is 3. The highest BCUT2D eigenvalue weighted by Crippen LogP contribution is 2.24. The van der Waals surface area contributed by atoms with E-state index in [-0.39, 0.29) is 23.9 Å². The van der Waals surface area contributed by atoms with Crippen molar-refractivity contribution in [3.63, 3.8) is 0 Å². The average molecular weight is 420 g/mol. The van der Waals surface area contributed by atoms with Gasteiger partial charge in [-0.15, -0.1) is 0 Å². The van der Waals surface area contributed by atoms with Crippen molar-refractivity contribution < 1.29 is 29.7 Å². The minimum absolute atomic E-state index is 0.148. The first kappa shape index (κ1) is 23.9. The van der Waals surface area contributed by atoms with Gasteiger partial charge in [-0.1, -0.05) is 25.0 Å². The number of rotatable bonds is 13. The molecule has 1 saturated heterocycles. The van der Waals surface area contributed by atoms with Crippen LogP contribution >= 0.6 is 0 Å². The zero-order valence-corrected chi connectivity index (χ0v) is 17.5. The lowest BCUT2D eigenvalue weighted by molar-refractivity contribution is -0.137. The fourth-order valence-corrected chi connectivity index (χ4v) is 4.05. The summed E-state index contributed by atoms with van der Waals surface area (Å²) in [5, 5.41) is 28.0. The van der Waals surface area contributed by atoms with Crippen LogP contribution in [0.1, 0.15) is 80.1 Å². The van der Waals surface area contributed by atoms with Crippen molar-refractivity contribution in [3.05, 3.63) is 35.4 Å². The summed E-state index contributed by atoms with van der Waals surface area (Å²) < 4.78 is 0. The molecule has 166 valence electrons. The number of aliphatic hydroxyl groups is 1. The molecular weight excluding hydrogens is 386 g/mol. The van der Waals surface area contributed by atoms with Gasteiger partial charge in [0.1, 0.15) is 0 Å². The largest absolute Gasteiger partial charge is 0.481 e. The second-order valence-corrected chi connectivity index (χ2v) is 8.13. The van der Waals surface area contributed by atoms with E-state index in [9.17, 15) is 19.5 Å². The lowest BCUT2D eigenvalue weighted by Gasteiger charge is -2.36. The second kappa shape index (κ2) is 12.3. The van der Waals surface area contributed by atoms with Gasteiger partial charge in [0, 0.05) is 25.4 Å². The number of amides is 1. The molecule has 0 aliphatic carbocycles. The van der Waals surface area contributed by atoms with Crippen molar-refractivity contribution >= 4 is 17.8 Å². The number of nitrogens with zero attached hydrogens (tertiary/aromatic N) is 1. The molecule has 0 spiro atoms. The zero-order valence-electron chi connectivity index (χ0n) is 17.5. The first-order valence-electron chi connectivity index (χ1n) is 10.9. The summed E-state index contributed by atoms with van der Waals surface area (Å²) in [7, 11) is 0. The van der Waals surface area contributed by atoms with E-state index in [0.717, 1.165) is 44.1 Å². The topological polar surface area (TPSA) is 115 Å². The molecule has 1 fully saturated rings. The Morgan fingerprint density at radius 1 is 1.07 bits per heavy atom. The van der Waals surface area contributed by atoms with Crippen molar-refractivity contribution in [1.82, 2.24) is 4.90 Å². The van der Waals surface area contributed by atoms with Crippen LogP contribution in [0, 0.1) is 0 Å². The first-order chi connectivity index (χ1) is 14.4. The van der Waals surface area contributed by atoms with E-state index in [1.807, 2.05) is 4.90 Å². The van der Waals surface area contributed by atoms with Gasteiger partial charge in [0.25, 0.3) is 0 Å². The number of carboxylic acids is 2. The minimum atomic E-state index is -0.967. The molecule has 1 aromatic carbocycles. The van der Waals surface area contributed by atoms with Crippen molar-refractivity contribution in [2.75, 3.05) is 6.54 Å². The molecule has 7 heteroatoms. The summed E-state index contributed by atoms with van der Waals surface area (Å²) in [6.45, 7) is 0.698. The van der Waals surface area contributed by atoms with Gasteiger partial charge in [-0.3, -0.25) is 9.59 Å². The number of hydrogen-bond acceptors (Lipinski definition) is 4. The van der Waals surface area contributed by atoms with Crippen LogP contribution in [0.5, 0.6) is 0 Å². The molecule has 1 amide bonds. The molecular formula is C23H33NO6. The molecule has 0 aromatic heterocycles. The van der Waals surface area contributed by atoms with Gasteiger partial charge in [-0.2, -0.15) is 0 Å². The lowest BCUT2D eigenvalue weighted by atomic mass is 9.94. The predicted octanol–water partition coefficient (Wildman–Crippen LogP) is 3.48. The minimum Gasteiger partial charge on any atom is -0.481 e. The van der Waals surface area contributed by atoms with Crippen LogP contribution in [0.15, 0.2) is 24.3 Å². The number of likely N-dealkylation sites (tertiary alicyclic amines) is 1. The van der Waals surface area contributed by atoms with Crippen LogP contribution in [0.2, 0.25) is 0 Å². The first-order valence-corrected chi connectivity index (χ1v) is 10.9. The van der Waals surface area contributed by atoms with E-state index in [2.05, 4.69) is 0 Å². The number of carbonyl (C=O) groups is 3. The van der Waals surface area contributed by atoms with Gasteiger partial charge in [-0.25, -0.2) is 4.79 Å². The number of aliphatic hydroxyl groups excluding tert-OH is 1. The molecule has 0 radical (unpaired) electrons. The SMILES string of the molecule is O=C(O)CCCCCCN1C(=O)CCC[C@@H]1CCC(O)Cc1ccc(C(=O)O)cc1. The maximum Gasteiger partial charge on any atom is 0.335 e. The van der Waals surface area contributed by atoms with Crippen LogP contribution in [-0.4, -0.2) is 56.8 Å². The summed E-state index contributed by atoms with van der Waals surface area (Å²) in [6.07, 6.45) is 7.20. The van der Waals surface area contributed by atoms with Gasteiger partial charge in [0.05, 0.1) is 11.7 Å². The maximum absolute atomic E-state index is 12.4. The van der Waals surface area contributed by atoms with E-state index in [1.54, 1.807) is 24.3 Å². The Morgan fingerprint density at radius 2 is 1.77 bits per heavy atom. The Labute approximate surface area is 177 Å². The monoisotopic (exact) mass is 419 g/mol. The third-order valence-electron chi connectivity index (χ3n) is 5.73. The molecule has 1 heterocycles. The standard InChI is InChI=1S/C23H33NO6/c25-20(16-17-9-11-18(12-10-17)23(29)30)14-13-19-6-5-7-21(26)24(19)15-4-2-1-3-8-22(27)28/h9-12,19-20,25H,1-8,13-16H2,(H,27,28)(H,29,30)/t19-,20?/m1/s1. The fourth-order valence-electron chi connectivity index (χ4n) is 4.05. The second-order valence-electron chi connectivity index (χ2n) is 8.13. The number of carboxylic acid groups (broad SMARTS) is 2. The molecule has 1 aliphatic heterocycles. The third kappa shape index (κ3) is 8.14. The van der Waals surface area contributed by atoms with Gasteiger partial charge in [0.2, 0.25) is 5.91 Å². The molecule has 0 bridgehead atoms. The molecule has 1 aromatic rings. The number of piperidine rings is 1. The number of hydrogen-bond donors (Lipinski definition) is 3. The molecule has 0 saturated carbocycles. The van der Waals surface area contributed by atoms with E-state index >= 15 is 0 Å². The predicted molar refractivity (Wildman–Crippen MR) is 112 cm³/mol. The smallest absolute Gasteiger partial charge is 0.335 e. The van der Waals surface area contributed by atoms with Crippen LogP contribution in [0.4, 0.5) is 0 Å². The molecule has 30 heavy (non-hydrogen) atoms. The van der Waals surface area contributed by atoms with Crippen molar-refractivity contribution in [2.45, 2.75) is 82.8 Å². The molecule has 7 nitrogen and oxygen atoms in total. The number of benzene rings is 1. The molecule has 2 rings (SSSR count). The summed E-state index contributed by atoms with van der Waals surface area (Å²) in [5.74, 6) is -1.56. The fraction of sp³-hybridized carbons (Fsp3) is 0.609. The summed E-state index contributed by atoms with van der Waals surface area (Å²) >= 11 is 0. The Morgan fingerprint density at radius 3 is 2.43 bits per heavy atom. The highest BCUT2D eigenvalue weighted by molar-refractivity contribution is 5.87. The van der Waals surface area contributed by atoms with Gasteiger partial charge in [0.15, 0.2) is 0 Å². The molecule has 2 atom stereocenters. The third-order valence-corrected chi connectivity index (χ3v) is 5.73. The molecule has 3 N–H and O–H groups in total. The van der Waals surface area contributed by atoms with Crippen molar-refractivity contribution in [1.29, 1.82) is 0 Å². The van der Waals surface area contributed by atoms with Crippen LogP contribution in [-0.2, 0) is 16.0 Å². The lowest BCUT2D eigenvalue weighted by Crippen LogP contribution is -2.44. The van der Waals surface area contributed by atoms with Crippen LogP contribution in [0.25, 0.3) is 0 Å². The van der Waals surface area contributed by atoms with Crippen molar-refractivity contribution in [3.8, 4) is 0 Å². The number of aliphatic carboxylic acids is 1. The van der Waals surface area contributed by atoms with E-state index in [1.165, 1.54) is 0 Å². The quantitative estimate of drug-likeness (QED) is 0.422. The summed E-state index contributed by atoms with van der Waals surface area (Å²) in [5.41, 5.74) is 1.12. The van der Waals surface area contributed by atoms with Crippen molar-refractivity contribution in [2.24, 2.45) is 0 Å². The highest BCUT2D eigenvalue weighted by Gasteiger charge is 2.27. The molecule has 1 unspecified atom stereocenters. The Bertz CT molecular complexity index is 702. The van der Waals surface area contributed by atoms with E-state index in [4.69, 9.17) is 10.2 Å². The Balaban J connectivity index is 1.75. The Hall–Kier alpha value is -2.41. The normalized spacial score (nSPS) is 17.7. The zero-order chi connectivity index (χ0) is 21.9. The maximum atomic E-state index is 12.4. The van der Waals surface area contributed by atoms with E-state index < -0.39 is 18.0 Å². The van der Waals surface area contributed by atoms with Crippen LogP contribution < -0.4 is 0 Å². The number of aromatic carboxylic acids is 1. The van der Waals surface area contributed by atoms with Gasteiger partial charge in [-0.05, 0) is 62.6 Å².